The van der Waals surface area contributed by atoms with Gasteiger partial charge in [-0.05, 0) is 18.4 Å². The van der Waals surface area contributed by atoms with Crippen LogP contribution in [0.1, 0.15) is 20.2 Å². The Morgan fingerprint density at radius 3 is 3.35 bits per heavy atom. The highest BCUT2D eigenvalue weighted by atomic mass is 16.2. The fourth-order valence-corrected chi connectivity index (χ4v) is 2.90. The van der Waals surface area contributed by atoms with E-state index in [2.05, 4.69) is 19.8 Å². The van der Waals surface area contributed by atoms with Crippen LogP contribution >= 0.6 is 0 Å². The molecule has 1 N–H and O–H groups in total. The first kappa shape index (κ1) is 10.2. The number of likely N-dealkylation sites (tertiary alicyclic amines) is 1. The summed E-state index contributed by atoms with van der Waals surface area (Å²) in [5, 5.41) is 0.547. The SMILES string of the molecule is [2H]C([2H])([N+]#[C-])C(=O)N1CC[C@@H](C)[C@@H](N(c2ncnc3[nH]ccc23)C([2H])([2H])[2H])C1. The summed E-state index contributed by atoms with van der Waals surface area (Å²) < 4.78 is 39.4. The van der Waals surface area contributed by atoms with Gasteiger partial charge in [0.2, 0.25) is 0 Å². The van der Waals surface area contributed by atoms with Crippen molar-refractivity contribution in [3.05, 3.63) is 30.0 Å². The zero-order valence-corrected chi connectivity index (χ0v) is 12.7. The van der Waals surface area contributed by atoms with Crippen LogP contribution in [0.3, 0.4) is 0 Å². The van der Waals surface area contributed by atoms with E-state index in [4.69, 9.17) is 13.4 Å². The second-order valence-corrected chi connectivity index (χ2v) is 5.62. The normalized spacial score (nSPS) is 25.6. The van der Waals surface area contributed by atoms with E-state index < -0.39 is 25.4 Å². The van der Waals surface area contributed by atoms with Crippen LogP contribution in [0, 0.1) is 12.5 Å². The van der Waals surface area contributed by atoms with E-state index in [1.165, 1.54) is 16.1 Å². The molecule has 2 atom stereocenters. The highest BCUT2D eigenvalue weighted by molar-refractivity contribution is 5.87. The molecule has 120 valence electrons. The number of nitrogens with zero attached hydrogens (tertiary/aromatic N) is 5. The Bertz CT molecular complexity index is 920. The van der Waals surface area contributed by atoms with Gasteiger partial charge in [0.05, 0.1) is 11.4 Å². The lowest BCUT2D eigenvalue weighted by atomic mass is 9.92. The third-order valence-electron chi connectivity index (χ3n) is 4.25. The maximum absolute atomic E-state index is 12.4. The van der Waals surface area contributed by atoms with Crippen LogP contribution in [0.5, 0.6) is 0 Å². The predicted octanol–water partition coefficient (Wildman–Crippen LogP) is 1.55. The molecule has 2 aromatic heterocycles. The summed E-state index contributed by atoms with van der Waals surface area (Å²) in [5.41, 5.74) is 0.500. The maximum atomic E-state index is 12.4. The molecule has 7 heteroatoms. The molecule has 1 aliphatic rings. The minimum atomic E-state index is -2.67. The molecule has 3 rings (SSSR count). The molecule has 1 amide bonds. The number of hydrogen-bond donors (Lipinski definition) is 1. The lowest BCUT2D eigenvalue weighted by molar-refractivity contribution is -0.130. The highest BCUT2D eigenvalue weighted by Gasteiger charge is 2.33. The number of amides is 1. The maximum Gasteiger partial charge on any atom is 0.302 e. The van der Waals surface area contributed by atoms with Gasteiger partial charge in [0.15, 0.2) is 0 Å². The Morgan fingerprint density at radius 1 is 1.70 bits per heavy atom. The van der Waals surface area contributed by atoms with Crippen molar-refractivity contribution in [1.82, 2.24) is 19.9 Å². The lowest BCUT2D eigenvalue weighted by Crippen LogP contribution is -2.53. The summed E-state index contributed by atoms with van der Waals surface area (Å²) in [6, 6.07) is 1.07. The van der Waals surface area contributed by atoms with E-state index in [9.17, 15) is 4.79 Å². The Kier molecular flexibility index (Phi) is 2.77. The van der Waals surface area contributed by atoms with E-state index in [1.807, 2.05) is 6.92 Å². The number of likely N-dealkylation sites (N-methyl/N-ethyl adjacent to an activating group) is 1. The number of rotatable bonds is 3. The first-order valence-corrected chi connectivity index (χ1v) is 7.31. The predicted molar refractivity (Wildman–Crippen MR) is 87.9 cm³/mol. The van der Waals surface area contributed by atoms with E-state index in [-0.39, 0.29) is 24.8 Å². The third kappa shape index (κ3) is 2.84. The van der Waals surface area contributed by atoms with Crippen LogP contribution in [0.4, 0.5) is 5.82 Å². The van der Waals surface area contributed by atoms with Gasteiger partial charge in [-0.2, -0.15) is 0 Å². The van der Waals surface area contributed by atoms with Gasteiger partial charge in [-0.25, -0.2) is 16.5 Å². The first-order chi connectivity index (χ1) is 13.1. The average molecular weight is 317 g/mol. The lowest BCUT2D eigenvalue weighted by Gasteiger charge is -2.41. The van der Waals surface area contributed by atoms with Crippen molar-refractivity contribution in [2.24, 2.45) is 5.92 Å². The van der Waals surface area contributed by atoms with Gasteiger partial charge in [-0.15, -0.1) is 0 Å². The van der Waals surface area contributed by atoms with Crippen molar-refractivity contribution >= 4 is 22.8 Å². The Balaban J connectivity index is 2.02. The zero-order valence-electron chi connectivity index (χ0n) is 17.7. The molecule has 0 unspecified atom stereocenters. The van der Waals surface area contributed by atoms with E-state index in [0.717, 1.165) is 0 Å². The zero-order chi connectivity index (χ0) is 20.7. The number of piperidine rings is 1. The van der Waals surface area contributed by atoms with Crippen LogP contribution in [-0.2, 0) is 4.79 Å². The van der Waals surface area contributed by atoms with E-state index in [1.54, 1.807) is 12.3 Å². The largest absolute Gasteiger partial charge is 0.354 e. The molecule has 2 aromatic rings. The minimum absolute atomic E-state index is 0.0106. The molecule has 0 saturated carbocycles. The van der Waals surface area contributed by atoms with Crippen LogP contribution in [0.2, 0.25) is 0 Å². The summed E-state index contributed by atoms with van der Waals surface area (Å²) in [6.07, 6.45) is 3.41. The molecular weight excluding hydrogens is 292 g/mol. The number of anilines is 1. The molecule has 23 heavy (non-hydrogen) atoms. The van der Waals surface area contributed by atoms with Gasteiger partial charge < -0.3 is 19.6 Å². The van der Waals surface area contributed by atoms with Crippen molar-refractivity contribution in [3.63, 3.8) is 0 Å². The number of carbonyl (C=O) groups excluding carboxylic acids is 1. The quantitative estimate of drug-likeness (QED) is 0.872. The molecule has 3 heterocycles. The van der Waals surface area contributed by atoms with Crippen molar-refractivity contribution in [1.29, 1.82) is 0 Å². The summed E-state index contributed by atoms with van der Waals surface area (Å²) in [4.78, 5) is 28.9. The van der Waals surface area contributed by atoms with Gasteiger partial charge in [0.25, 0.3) is 6.50 Å². The molecule has 7 nitrogen and oxygen atoms in total. The smallest absolute Gasteiger partial charge is 0.302 e. The number of aromatic amines is 1. The van der Waals surface area contributed by atoms with Crippen LogP contribution in [0.15, 0.2) is 18.6 Å². The fraction of sp³-hybridized carbons (Fsp3) is 0.500. The van der Waals surface area contributed by atoms with E-state index in [0.29, 0.717) is 17.5 Å². The van der Waals surface area contributed by atoms with Crippen molar-refractivity contribution in [2.45, 2.75) is 19.4 Å². The minimum Gasteiger partial charge on any atom is -0.354 e. The molecule has 1 saturated heterocycles. The monoisotopic (exact) mass is 317 g/mol. The van der Waals surface area contributed by atoms with Crippen molar-refractivity contribution in [2.75, 3.05) is 31.5 Å². The molecule has 0 spiro atoms. The number of hydrogen-bond acceptors (Lipinski definition) is 4. The Labute approximate surface area is 142 Å². The topological polar surface area (TPSA) is 69.5 Å². The summed E-state index contributed by atoms with van der Waals surface area (Å²) >= 11 is 0. The van der Waals surface area contributed by atoms with Crippen LogP contribution in [-0.4, -0.2) is 58.4 Å². The van der Waals surface area contributed by atoms with E-state index >= 15 is 0 Å². The van der Waals surface area contributed by atoms with Crippen molar-refractivity contribution < 1.29 is 11.6 Å². The second kappa shape index (κ2) is 6.24. The number of H-pyrrole nitrogens is 1. The third-order valence-corrected chi connectivity index (χ3v) is 4.25. The molecule has 0 bridgehead atoms. The number of nitrogens with one attached hydrogen (secondary N) is 1. The molecular formula is C16H20N6O. The first-order valence-electron chi connectivity index (χ1n) is 9.81. The van der Waals surface area contributed by atoms with Gasteiger partial charge in [0.1, 0.15) is 20.5 Å². The second-order valence-electron chi connectivity index (χ2n) is 5.62. The molecule has 1 aliphatic heterocycles. The summed E-state index contributed by atoms with van der Waals surface area (Å²) in [7, 11) is 0. The average Bonchev–Trinajstić information content (AvgIpc) is 3.11. The van der Waals surface area contributed by atoms with Gasteiger partial charge >= 0.3 is 5.91 Å². The summed E-state index contributed by atoms with van der Waals surface area (Å²) in [5.74, 6) is -0.808. The Morgan fingerprint density at radius 2 is 2.57 bits per heavy atom. The number of carbonyl (C=O) groups is 1. The number of aromatic nitrogens is 3. The fourth-order valence-electron chi connectivity index (χ4n) is 2.90. The molecule has 1 fully saturated rings. The van der Waals surface area contributed by atoms with Crippen molar-refractivity contribution in [3.8, 4) is 0 Å². The van der Waals surface area contributed by atoms with Gasteiger partial charge in [-0.1, -0.05) is 6.92 Å². The molecule has 0 radical (unpaired) electrons. The summed E-state index contributed by atoms with van der Waals surface area (Å²) in [6.45, 7) is 3.86. The van der Waals surface area contributed by atoms with Crippen LogP contribution in [0.25, 0.3) is 15.9 Å². The number of fused-ring (bicyclic) bond motifs is 1. The highest BCUT2D eigenvalue weighted by Crippen LogP contribution is 2.28. The Hall–Kier alpha value is -2.62. The molecule has 0 aromatic carbocycles. The molecule has 0 aliphatic carbocycles. The van der Waals surface area contributed by atoms with Gasteiger partial charge in [-0.3, -0.25) is 4.79 Å². The standard InChI is InChI=1S/C16H20N6O/c1-11-5-7-22(14(23)8-17-2)9-13(11)21(3)16-12-4-6-18-15(12)19-10-20-16/h4,6,10-11,13H,5,7-9H2,1,3H3,(H,18,19,20)/t11-,13+/m1/s1/i3D3,8D2. The van der Waals surface area contributed by atoms with Crippen LogP contribution < -0.4 is 4.90 Å². The van der Waals surface area contributed by atoms with Gasteiger partial charge in [0, 0.05) is 30.4 Å².